The van der Waals surface area contributed by atoms with Gasteiger partial charge in [-0.1, -0.05) is 0 Å². The van der Waals surface area contributed by atoms with Crippen LogP contribution in [0.4, 0.5) is 4.79 Å². The van der Waals surface area contributed by atoms with E-state index >= 15 is 0 Å². The minimum atomic E-state index is -0.857. The van der Waals surface area contributed by atoms with Crippen LogP contribution in [0.25, 0.3) is 0 Å². The van der Waals surface area contributed by atoms with Crippen molar-refractivity contribution in [1.82, 2.24) is 5.48 Å². The number of carbonyl (C=O) groups is 2. The van der Waals surface area contributed by atoms with Gasteiger partial charge in [-0.25, -0.2) is 15.1 Å². The van der Waals surface area contributed by atoms with Gasteiger partial charge in [0.05, 0.1) is 7.11 Å². The van der Waals surface area contributed by atoms with Crippen LogP contribution in [0.15, 0.2) is 0 Å². The van der Waals surface area contributed by atoms with Crippen LogP contribution in [-0.2, 0) is 14.4 Å². The number of nitrogens with one attached hydrogen (secondary N) is 1. The van der Waals surface area contributed by atoms with E-state index in [-0.39, 0.29) is 6.61 Å². The largest absolute Gasteiger partial charge is 0.467 e. The molecule has 0 aliphatic carbocycles. The van der Waals surface area contributed by atoms with Crippen molar-refractivity contribution in [2.24, 2.45) is 5.73 Å². The average Bonchev–Trinajstić information content (AvgIpc) is 1.87. The summed E-state index contributed by atoms with van der Waals surface area (Å²) in [5.41, 5.74) is 6.34. The fourth-order valence-corrected chi connectivity index (χ4v) is 0.225. The Morgan fingerprint density at radius 2 is 2.20 bits per heavy atom. The first-order chi connectivity index (χ1) is 4.66. The van der Waals surface area contributed by atoms with Crippen molar-refractivity contribution < 1.29 is 19.2 Å². The van der Waals surface area contributed by atoms with Crippen molar-refractivity contribution in [1.29, 1.82) is 0 Å². The van der Waals surface area contributed by atoms with Crippen LogP contribution in [0.3, 0.4) is 0 Å². The zero-order valence-corrected chi connectivity index (χ0v) is 5.42. The monoisotopic (exact) mass is 148 g/mol. The van der Waals surface area contributed by atoms with Crippen LogP contribution in [0.1, 0.15) is 0 Å². The maximum absolute atomic E-state index is 10.3. The number of nitrogens with two attached hydrogens (primary N) is 1. The van der Waals surface area contributed by atoms with Crippen molar-refractivity contribution in [3.05, 3.63) is 0 Å². The second kappa shape index (κ2) is 4.57. The number of carbonyl (C=O) groups excluding carboxylic acids is 2. The molecule has 0 spiro atoms. The highest BCUT2D eigenvalue weighted by atomic mass is 16.7. The van der Waals surface area contributed by atoms with E-state index < -0.39 is 12.0 Å². The van der Waals surface area contributed by atoms with E-state index in [1.807, 2.05) is 0 Å². The molecule has 0 aromatic carbocycles. The summed E-state index contributed by atoms with van der Waals surface area (Å²) in [6, 6.07) is -0.857. The summed E-state index contributed by atoms with van der Waals surface area (Å²) >= 11 is 0. The van der Waals surface area contributed by atoms with Crippen LogP contribution in [0.5, 0.6) is 0 Å². The van der Waals surface area contributed by atoms with Crippen molar-refractivity contribution >= 4 is 12.0 Å². The fraction of sp³-hybridized carbons (Fsp3) is 0.500. The molecule has 58 valence electrons. The lowest BCUT2D eigenvalue weighted by atomic mass is 10.7. The molecule has 0 saturated carbocycles. The molecule has 6 heteroatoms. The van der Waals surface area contributed by atoms with Gasteiger partial charge in [0, 0.05) is 0 Å². The van der Waals surface area contributed by atoms with Gasteiger partial charge >= 0.3 is 12.0 Å². The summed E-state index contributed by atoms with van der Waals surface area (Å²) in [5, 5.41) is 0. The van der Waals surface area contributed by atoms with E-state index in [1.165, 1.54) is 7.11 Å². The Bertz CT molecular complexity index is 135. The summed E-state index contributed by atoms with van der Waals surface area (Å²) in [6.45, 7) is -0.348. The first-order valence-corrected chi connectivity index (χ1v) is 2.41. The van der Waals surface area contributed by atoms with Crippen LogP contribution < -0.4 is 11.2 Å². The van der Waals surface area contributed by atoms with E-state index in [0.717, 1.165) is 0 Å². The highest BCUT2D eigenvalue weighted by Crippen LogP contribution is 1.72. The average molecular weight is 148 g/mol. The van der Waals surface area contributed by atoms with E-state index in [1.54, 1.807) is 5.48 Å². The number of urea groups is 1. The zero-order valence-electron chi connectivity index (χ0n) is 5.42. The maximum Gasteiger partial charge on any atom is 0.336 e. The quantitative estimate of drug-likeness (QED) is 0.387. The topological polar surface area (TPSA) is 90.7 Å². The van der Waals surface area contributed by atoms with Gasteiger partial charge in [-0.15, -0.1) is 0 Å². The summed E-state index contributed by atoms with van der Waals surface area (Å²) in [5.74, 6) is -0.589. The highest BCUT2D eigenvalue weighted by Gasteiger charge is 1.99. The number of methoxy groups -OCH3 is 1. The maximum atomic E-state index is 10.3. The molecular weight excluding hydrogens is 140 g/mol. The van der Waals surface area contributed by atoms with E-state index in [9.17, 15) is 9.59 Å². The van der Waals surface area contributed by atoms with E-state index in [2.05, 4.69) is 15.3 Å². The van der Waals surface area contributed by atoms with Crippen LogP contribution in [0, 0.1) is 0 Å². The lowest BCUT2D eigenvalue weighted by Crippen LogP contribution is -2.31. The molecule has 2 amide bonds. The highest BCUT2D eigenvalue weighted by molar-refractivity contribution is 5.72. The molecule has 0 unspecified atom stereocenters. The number of esters is 1. The molecule has 0 aromatic heterocycles. The molecule has 0 fully saturated rings. The zero-order chi connectivity index (χ0) is 7.98. The summed E-state index contributed by atoms with van der Waals surface area (Å²) in [4.78, 5) is 24.4. The third-order valence-corrected chi connectivity index (χ3v) is 0.590. The van der Waals surface area contributed by atoms with Gasteiger partial charge < -0.3 is 10.5 Å². The van der Waals surface area contributed by atoms with Gasteiger partial charge in [-0.05, 0) is 0 Å². The molecule has 0 heterocycles. The van der Waals surface area contributed by atoms with Crippen LogP contribution in [0.2, 0.25) is 0 Å². The van der Waals surface area contributed by atoms with Gasteiger partial charge in [0.2, 0.25) is 0 Å². The predicted octanol–water partition coefficient (Wildman–Crippen LogP) is -1.24. The second-order valence-corrected chi connectivity index (χ2v) is 1.33. The second-order valence-electron chi connectivity index (χ2n) is 1.33. The molecule has 0 bridgehead atoms. The minimum Gasteiger partial charge on any atom is -0.467 e. The third-order valence-electron chi connectivity index (χ3n) is 0.590. The van der Waals surface area contributed by atoms with Crippen LogP contribution >= 0.6 is 0 Å². The molecule has 3 N–H and O–H groups in total. The van der Waals surface area contributed by atoms with Crippen molar-refractivity contribution in [2.75, 3.05) is 13.7 Å². The lowest BCUT2D eigenvalue weighted by Gasteiger charge is -1.99. The lowest BCUT2D eigenvalue weighted by molar-refractivity contribution is -0.147. The predicted molar refractivity (Wildman–Crippen MR) is 30.7 cm³/mol. The number of hydroxylamine groups is 1. The number of hydrogen-bond acceptors (Lipinski definition) is 4. The van der Waals surface area contributed by atoms with Crippen molar-refractivity contribution in [3.8, 4) is 0 Å². The minimum absolute atomic E-state index is 0.348. The van der Waals surface area contributed by atoms with Gasteiger partial charge in [-0.2, -0.15) is 0 Å². The molecule has 0 aromatic rings. The van der Waals surface area contributed by atoms with Gasteiger partial charge in [0.1, 0.15) is 0 Å². The van der Waals surface area contributed by atoms with Crippen molar-refractivity contribution in [3.63, 3.8) is 0 Å². The van der Waals surface area contributed by atoms with Gasteiger partial charge in [0.15, 0.2) is 6.61 Å². The Morgan fingerprint density at radius 1 is 1.60 bits per heavy atom. The molecule has 0 atom stereocenters. The molecule has 0 radical (unpaired) electrons. The molecule has 10 heavy (non-hydrogen) atoms. The van der Waals surface area contributed by atoms with E-state index in [4.69, 9.17) is 0 Å². The third kappa shape index (κ3) is 4.85. The van der Waals surface area contributed by atoms with Gasteiger partial charge in [-0.3, -0.25) is 4.84 Å². The SMILES string of the molecule is COC(=O)CONC(N)=O. The molecular formula is C4H8N2O4. The Kier molecular flexibility index (Phi) is 3.97. The Balaban J connectivity index is 3.20. The molecule has 6 nitrogen and oxygen atoms in total. The standard InChI is InChI=1S/C4H8N2O4/c1-9-3(7)2-10-6-4(5)8/h2H2,1H3,(H3,5,6,8). The summed E-state index contributed by atoms with van der Waals surface area (Å²) in [6.07, 6.45) is 0. The first-order valence-electron chi connectivity index (χ1n) is 2.41. The smallest absolute Gasteiger partial charge is 0.336 e. The Morgan fingerprint density at radius 3 is 2.60 bits per heavy atom. The number of ether oxygens (including phenoxy) is 1. The Hall–Kier alpha value is -1.30. The molecule has 0 aliphatic heterocycles. The fourth-order valence-electron chi connectivity index (χ4n) is 0.225. The van der Waals surface area contributed by atoms with E-state index in [0.29, 0.717) is 0 Å². The number of hydrogen-bond donors (Lipinski definition) is 2. The van der Waals surface area contributed by atoms with Crippen molar-refractivity contribution in [2.45, 2.75) is 0 Å². The number of primary amides is 1. The van der Waals surface area contributed by atoms with Crippen LogP contribution in [-0.4, -0.2) is 25.7 Å². The molecule has 0 aliphatic rings. The molecule has 0 rings (SSSR count). The normalized spacial score (nSPS) is 8.50. The van der Waals surface area contributed by atoms with Gasteiger partial charge in [0.25, 0.3) is 0 Å². The first kappa shape index (κ1) is 8.70. The summed E-state index contributed by atoms with van der Waals surface area (Å²) in [7, 11) is 1.20. The Labute approximate surface area is 57.2 Å². The number of rotatable bonds is 3. The summed E-state index contributed by atoms with van der Waals surface area (Å²) < 4.78 is 4.18. The number of amides is 2. The molecule has 0 saturated heterocycles.